The number of benzene rings is 1. The van der Waals surface area contributed by atoms with Gasteiger partial charge in [0, 0.05) is 5.56 Å². The summed E-state index contributed by atoms with van der Waals surface area (Å²) in [6, 6.07) is 7.10. The lowest BCUT2D eigenvalue weighted by Crippen LogP contribution is -2.36. The zero-order chi connectivity index (χ0) is 13.1. The van der Waals surface area contributed by atoms with Crippen molar-refractivity contribution >= 4 is 18.0 Å². The number of hydrogen-bond donors (Lipinski definition) is 0. The van der Waals surface area contributed by atoms with Crippen LogP contribution in [0.15, 0.2) is 29.8 Å². The number of esters is 2. The summed E-state index contributed by atoms with van der Waals surface area (Å²) in [6.45, 7) is 0. The summed E-state index contributed by atoms with van der Waals surface area (Å²) in [5.74, 6) is -0.721. The number of para-hydroxylation sites is 1. The van der Waals surface area contributed by atoms with Crippen molar-refractivity contribution < 1.29 is 23.8 Å². The van der Waals surface area contributed by atoms with Gasteiger partial charge in [-0.25, -0.2) is 9.59 Å². The van der Waals surface area contributed by atoms with Crippen molar-refractivity contribution in [3.63, 3.8) is 0 Å². The average Bonchev–Trinajstić information content (AvgIpc) is 2.44. The molecule has 1 unspecified atom stereocenters. The van der Waals surface area contributed by atoms with E-state index in [1.54, 1.807) is 24.3 Å². The molecule has 94 valence electrons. The van der Waals surface area contributed by atoms with Gasteiger partial charge in [-0.2, -0.15) is 0 Å². The molecule has 0 aliphatic carbocycles. The first-order valence-electron chi connectivity index (χ1n) is 5.30. The Morgan fingerprint density at radius 1 is 1.17 bits per heavy atom. The second-order valence-corrected chi connectivity index (χ2v) is 3.65. The lowest BCUT2D eigenvalue weighted by atomic mass is 10.0. The van der Waals surface area contributed by atoms with E-state index in [1.165, 1.54) is 14.2 Å². The molecule has 1 heterocycles. The molecule has 0 amide bonds. The van der Waals surface area contributed by atoms with E-state index in [9.17, 15) is 9.59 Å². The Balaban J connectivity index is 2.45. The fourth-order valence-electron chi connectivity index (χ4n) is 1.71. The van der Waals surface area contributed by atoms with Crippen LogP contribution in [0.5, 0.6) is 5.75 Å². The SMILES string of the molecule is COC(=O)C1=Cc2ccccc2OC1C(=O)OC. The van der Waals surface area contributed by atoms with E-state index in [2.05, 4.69) is 9.47 Å². The lowest BCUT2D eigenvalue weighted by molar-refractivity contribution is -0.150. The van der Waals surface area contributed by atoms with Gasteiger partial charge in [0.25, 0.3) is 0 Å². The molecule has 1 aromatic rings. The molecule has 5 heteroatoms. The molecule has 2 rings (SSSR count). The third-order valence-corrected chi connectivity index (χ3v) is 2.59. The second kappa shape index (κ2) is 4.91. The monoisotopic (exact) mass is 248 g/mol. The molecule has 5 nitrogen and oxygen atoms in total. The molecule has 0 bridgehead atoms. The van der Waals surface area contributed by atoms with Crippen molar-refractivity contribution in [1.82, 2.24) is 0 Å². The first kappa shape index (κ1) is 12.2. The summed E-state index contributed by atoms with van der Waals surface area (Å²) in [5.41, 5.74) is 0.848. The van der Waals surface area contributed by atoms with Gasteiger partial charge in [0.2, 0.25) is 6.10 Å². The van der Waals surface area contributed by atoms with Gasteiger partial charge in [-0.05, 0) is 12.1 Å². The second-order valence-electron chi connectivity index (χ2n) is 3.65. The number of carbonyl (C=O) groups excluding carboxylic acids is 2. The van der Waals surface area contributed by atoms with E-state index in [0.717, 1.165) is 5.56 Å². The van der Waals surface area contributed by atoms with Gasteiger partial charge in [0.05, 0.1) is 19.8 Å². The minimum absolute atomic E-state index is 0.128. The molecular formula is C13H12O5. The van der Waals surface area contributed by atoms with Crippen LogP contribution in [-0.4, -0.2) is 32.3 Å². The van der Waals surface area contributed by atoms with Gasteiger partial charge < -0.3 is 14.2 Å². The first-order chi connectivity index (χ1) is 8.67. The first-order valence-corrected chi connectivity index (χ1v) is 5.30. The van der Waals surface area contributed by atoms with Gasteiger partial charge in [-0.1, -0.05) is 18.2 Å². The molecule has 1 atom stereocenters. The fraction of sp³-hybridized carbons (Fsp3) is 0.231. The average molecular weight is 248 g/mol. The molecule has 0 saturated heterocycles. The highest BCUT2D eigenvalue weighted by Crippen LogP contribution is 2.30. The smallest absolute Gasteiger partial charge is 0.352 e. The summed E-state index contributed by atoms with van der Waals surface area (Å²) in [7, 11) is 2.49. The van der Waals surface area contributed by atoms with E-state index in [0.29, 0.717) is 5.75 Å². The summed E-state index contributed by atoms with van der Waals surface area (Å²) < 4.78 is 14.7. The molecule has 1 aromatic carbocycles. The topological polar surface area (TPSA) is 61.8 Å². The maximum atomic E-state index is 11.6. The highest BCUT2D eigenvalue weighted by Gasteiger charge is 2.34. The van der Waals surface area contributed by atoms with Crippen LogP contribution in [0.4, 0.5) is 0 Å². The molecule has 0 fully saturated rings. The van der Waals surface area contributed by atoms with Crippen molar-refractivity contribution in [2.24, 2.45) is 0 Å². The third kappa shape index (κ3) is 2.07. The maximum Gasteiger partial charge on any atom is 0.352 e. The van der Waals surface area contributed by atoms with Crippen LogP contribution < -0.4 is 4.74 Å². The maximum absolute atomic E-state index is 11.6. The van der Waals surface area contributed by atoms with Crippen LogP contribution >= 0.6 is 0 Å². The van der Waals surface area contributed by atoms with Crippen LogP contribution in [-0.2, 0) is 19.1 Å². The zero-order valence-corrected chi connectivity index (χ0v) is 10.0. The normalized spacial score (nSPS) is 17.0. The largest absolute Gasteiger partial charge is 0.473 e. The van der Waals surface area contributed by atoms with Gasteiger partial charge in [-0.3, -0.25) is 0 Å². The van der Waals surface area contributed by atoms with Crippen molar-refractivity contribution in [2.75, 3.05) is 14.2 Å². The Morgan fingerprint density at radius 2 is 1.89 bits per heavy atom. The lowest BCUT2D eigenvalue weighted by Gasteiger charge is -2.23. The molecule has 0 N–H and O–H groups in total. The Bertz CT molecular complexity index is 518. The number of methoxy groups -OCH3 is 2. The number of fused-ring (bicyclic) bond motifs is 1. The third-order valence-electron chi connectivity index (χ3n) is 2.59. The predicted molar refractivity (Wildman–Crippen MR) is 62.9 cm³/mol. The number of ether oxygens (including phenoxy) is 3. The van der Waals surface area contributed by atoms with Crippen LogP contribution in [0.3, 0.4) is 0 Å². The predicted octanol–water partition coefficient (Wildman–Crippen LogP) is 1.18. The molecule has 0 saturated carbocycles. The van der Waals surface area contributed by atoms with Gasteiger partial charge >= 0.3 is 11.9 Å². The minimum Gasteiger partial charge on any atom is -0.473 e. The fourth-order valence-corrected chi connectivity index (χ4v) is 1.71. The van der Waals surface area contributed by atoms with Gasteiger partial charge in [-0.15, -0.1) is 0 Å². The molecule has 1 aliphatic rings. The molecule has 18 heavy (non-hydrogen) atoms. The molecule has 0 aromatic heterocycles. The van der Waals surface area contributed by atoms with E-state index in [-0.39, 0.29) is 5.57 Å². The summed E-state index contributed by atoms with van der Waals surface area (Å²) in [5, 5.41) is 0. The van der Waals surface area contributed by atoms with Gasteiger partial charge in [0.15, 0.2) is 0 Å². The quantitative estimate of drug-likeness (QED) is 0.735. The zero-order valence-electron chi connectivity index (χ0n) is 10.0. The Morgan fingerprint density at radius 3 is 2.56 bits per heavy atom. The van der Waals surface area contributed by atoms with Crippen molar-refractivity contribution in [3.8, 4) is 5.75 Å². The van der Waals surface area contributed by atoms with E-state index < -0.39 is 18.0 Å². The number of hydrogen-bond acceptors (Lipinski definition) is 5. The van der Waals surface area contributed by atoms with Crippen molar-refractivity contribution in [2.45, 2.75) is 6.10 Å². The van der Waals surface area contributed by atoms with E-state index in [4.69, 9.17) is 4.74 Å². The summed E-state index contributed by atoms with van der Waals surface area (Å²) in [4.78, 5) is 23.2. The Labute approximate surface area is 104 Å². The Hall–Kier alpha value is -2.30. The molecule has 1 aliphatic heterocycles. The van der Waals surface area contributed by atoms with E-state index in [1.807, 2.05) is 6.07 Å². The van der Waals surface area contributed by atoms with Crippen LogP contribution in [0.1, 0.15) is 5.56 Å². The minimum atomic E-state index is -1.09. The van der Waals surface area contributed by atoms with Gasteiger partial charge in [0.1, 0.15) is 5.75 Å². The summed E-state index contributed by atoms with van der Waals surface area (Å²) >= 11 is 0. The van der Waals surface area contributed by atoms with Crippen LogP contribution in [0.2, 0.25) is 0 Å². The highest BCUT2D eigenvalue weighted by atomic mass is 16.6. The van der Waals surface area contributed by atoms with E-state index >= 15 is 0 Å². The number of rotatable bonds is 2. The molecule has 0 radical (unpaired) electrons. The molecular weight excluding hydrogens is 236 g/mol. The summed E-state index contributed by atoms with van der Waals surface area (Å²) in [6.07, 6.45) is 0.490. The van der Waals surface area contributed by atoms with Crippen LogP contribution in [0, 0.1) is 0 Å². The van der Waals surface area contributed by atoms with Crippen molar-refractivity contribution in [1.29, 1.82) is 0 Å². The number of carbonyl (C=O) groups is 2. The molecule has 0 spiro atoms. The van der Waals surface area contributed by atoms with Crippen molar-refractivity contribution in [3.05, 3.63) is 35.4 Å². The van der Waals surface area contributed by atoms with Crippen LogP contribution in [0.25, 0.3) is 6.08 Å². The highest BCUT2D eigenvalue weighted by molar-refractivity contribution is 6.02. The standard InChI is InChI=1S/C13H12O5/c1-16-12(14)9-7-8-5-3-4-6-10(8)18-11(9)13(15)17-2/h3-7,11H,1-2H3. The Kier molecular flexibility index (Phi) is 3.32.